The van der Waals surface area contributed by atoms with E-state index in [1.165, 1.54) is 13.1 Å². The Morgan fingerprint density at radius 3 is 2.53 bits per heavy atom. The van der Waals surface area contributed by atoms with Crippen molar-refractivity contribution in [3.8, 4) is 23.6 Å². The zero-order valence-corrected chi connectivity index (χ0v) is 10.1. The molecule has 0 saturated carbocycles. The van der Waals surface area contributed by atoms with Gasteiger partial charge in [-0.2, -0.15) is 10.5 Å². The summed E-state index contributed by atoms with van der Waals surface area (Å²) in [6.07, 6.45) is 1.24. The fourth-order valence-corrected chi connectivity index (χ4v) is 1.59. The maximum Gasteiger partial charge on any atom is 0.231 e. The predicted molar refractivity (Wildman–Crippen MR) is 65.5 cm³/mol. The first-order valence-corrected chi connectivity index (χ1v) is 5.37. The van der Waals surface area contributed by atoms with Crippen LogP contribution in [-0.2, 0) is 0 Å². The maximum absolute atomic E-state index is 11.6. The zero-order chi connectivity index (χ0) is 13.8. The van der Waals surface area contributed by atoms with Gasteiger partial charge in [0.25, 0.3) is 0 Å². The standard InChI is InChI=1S/C13H9N3O3/c1-8(17)10-2-12-13(19-7-18-12)3-11(10)16-6-9(4-14)5-15/h2-3,6,16H,7H2,1H3. The molecule has 94 valence electrons. The van der Waals surface area contributed by atoms with Crippen LogP contribution in [-0.4, -0.2) is 12.6 Å². The molecule has 0 unspecified atom stereocenters. The minimum atomic E-state index is -0.162. The SMILES string of the molecule is CC(=O)c1cc2c(cc1NC=C(C#N)C#N)OCO2. The monoisotopic (exact) mass is 255 g/mol. The molecular weight excluding hydrogens is 246 g/mol. The van der Waals surface area contributed by atoms with Crippen LogP contribution < -0.4 is 14.8 Å². The van der Waals surface area contributed by atoms with Crippen LogP contribution >= 0.6 is 0 Å². The number of carbonyl (C=O) groups excluding carboxylic acids is 1. The van der Waals surface area contributed by atoms with Crippen molar-refractivity contribution in [2.75, 3.05) is 12.1 Å². The van der Waals surface area contributed by atoms with E-state index in [1.54, 1.807) is 24.3 Å². The second kappa shape index (κ2) is 5.11. The molecule has 0 atom stereocenters. The van der Waals surface area contributed by atoms with E-state index in [1.807, 2.05) is 0 Å². The number of hydrogen-bond donors (Lipinski definition) is 1. The molecule has 1 aliphatic heterocycles. The third-order valence-corrected chi connectivity index (χ3v) is 2.50. The Labute approximate surface area is 109 Å². The number of nitrogens with zero attached hydrogens (tertiary/aromatic N) is 2. The fourth-order valence-electron chi connectivity index (χ4n) is 1.59. The number of hydrogen-bond acceptors (Lipinski definition) is 6. The summed E-state index contributed by atoms with van der Waals surface area (Å²) in [4.78, 5) is 11.6. The first-order valence-electron chi connectivity index (χ1n) is 5.37. The van der Waals surface area contributed by atoms with Gasteiger partial charge in [-0.1, -0.05) is 0 Å². The lowest BCUT2D eigenvalue weighted by Gasteiger charge is -2.08. The number of rotatable bonds is 3. The largest absolute Gasteiger partial charge is 0.454 e. The number of Topliss-reactive ketones (excluding diaryl/α,β-unsaturated/α-hetero) is 1. The summed E-state index contributed by atoms with van der Waals surface area (Å²) in [5, 5.41) is 20.1. The number of ketones is 1. The summed E-state index contributed by atoms with van der Waals surface area (Å²) in [6.45, 7) is 1.52. The van der Waals surface area contributed by atoms with Gasteiger partial charge in [0.1, 0.15) is 17.7 Å². The molecule has 6 heteroatoms. The smallest absolute Gasteiger partial charge is 0.231 e. The lowest BCUT2D eigenvalue weighted by atomic mass is 10.1. The molecule has 0 saturated heterocycles. The number of anilines is 1. The highest BCUT2D eigenvalue weighted by Crippen LogP contribution is 2.37. The van der Waals surface area contributed by atoms with Gasteiger partial charge in [-0.25, -0.2) is 0 Å². The highest BCUT2D eigenvalue weighted by atomic mass is 16.7. The Kier molecular flexibility index (Phi) is 3.35. The van der Waals surface area contributed by atoms with Crippen LogP contribution in [0, 0.1) is 22.7 Å². The number of fused-ring (bicyclic) bond motifs is 1. The molecule has 6 nitrogen and oxygen atoms in total. The average Bonchev–Trinajstić information content (AvgIpc) is 2.85. The van der Waals surface area contributed by atoms with Gasteiger partial charge < -0.3 is 14.8 Å². The minimum Gasteiger partial charge on any atom is -0.454 e. The van der Waals surface area contributed by atoms with Gasteiger partial charge >= 0.3 is 0 Å². The quantitative estimate of drug-likeness (QED) is 0.655. The Hall–Kier alpha value is -2.99. The van der Waals surface area contributed by atoms with Gasteiger partial charge in [0, 0.05) is 17.8 Å². The predicted octanol–water partition coefficient (Wildman–Crippen LogP) is 1.96. The van der Waals surface area contributed by atoms with Crippen LogP contribution in [0.4, 0.5) is 5.69 Å². The molecule has 1 aromatic carbocycles. The second-order valence-corrected chi connectivity index (χ2v) is 3.73. The van der Waals surface area contributed by atoms with Gasteiger partial charge in [-0.3, -0.25) is 4.79 Å². The number of nitriles is 2. The van der Waals surface area contributed by atoms with Crippen molar-refractivity contribution in [2.45, 2.75) is 6.92 Å². The van der Waals surface area contributed by atoms with E-state index in [9.17, 15) is 4.79 Å². The Morgan fingerprint density at radius 2 is 1.95 bits per heavy atom. The molecule has 0 bridgehead atoms. The van der Waals surface area contributed by atoms with Crippen molar-refractivity contribution in [1.29, 1.82) is 10.5 Å². The lowest BCUT2D eigenvalue weighted by Crippen LogP contribution is -2.00. The number of benzene rings is 1. The normalized spacial score (nSPS) is 11.1. The van der Waals surface area contributed by atoms with Gasteiger partial charge in [0.05, 0.1) is 5.69 Å². The highest BCUT2D eigenvalue weighted by Gasteiger charge is 2.18. The first kappa shape index (κ1) is 12.5. The number of carbonyl (C=O) groups is 1. The summed E-state index contributed by atoms with van der Waals surface area (Å²) in [7, 11) is 0. The van der Waals surface area contributed by atoms with E-state index in [4.69, 9.17) is 20.0 Å². The molecule has 0 fully saturated rings. The van der Waals surface area contributed by atoms with Crippen LogP contribution in [0.3, 0.4) is 0 Å². The molecule has 0 aliphatic carbocycles. The van der Waals surface area contributed by atoms with E-state index in [-0.39, 0.29) is 18.1 Å². The van der Waals surface area contributed by atoms with Crippen LogP contribution in [0.25, 0.3) is 0 Å². The van der Waals surface area contributed by atoms with E-state index in [0.29, 0.717) is 22.7 Å². The van der Waals surface area contributed by atoms with E-state index in [2.05, 4.69) is 5.32 Å². The molecule has 2 rings (SSSR count). The fraction of sp³-hybridized carbons (Fsp3) is 0.154. The summed E-state index contributed by atoms with van der Waals surface area (Å²) in [5.41, 5.74) is 0.766. The van der Waals surface area contributed by atoms with Crippen LogP contribution in [0.1, 0.15) is 17.3 Å². The summed E-state index contributed by atoms with van der Waals surface area (Å²) in [5.74, 6) is 0.849. The molecule has 1 aliphatic rings. The zero-order valence-electron chi connectivity index (χ0n) is 10.1. The Balaban J connectivity index is 2.40. The van der Waals surface area contributed by atoms with Crippen molar-refractivity contribution in [1.82, 2.24) is 0 Å². The van der Waals surface area contributed by atoms with Crippen molar-refractivity contribution in [3.63, 3.8) is 0 Å². The van der Waals surface area contributed by atoms with Crippen molar-refractivity contribution < 1.29 is 14.3 Å². The van der Waals surface area contributed by atoms with Crippen molar-refractivity contribution in [2.24, 2.45) is 0 Å². The van der Waals surface area contributed by atoms with Gasteiger partial charge in [0.15, 0.2) is 17.3 Å². The number of allylic oxidation sites excluding steroid dienone is 1. The summed E-state index contributed by atoms with van der Waals surface area (Å²) >= 11 is 0. The highest BCUT2D eigenvalue weighted by molar-refractivity contribution is 6.00. The Morgan fingerprint density at radius 1 is 1.32 bits per heavy atom. The molecule has 1 N–H and O–H groups in total. The van der Waals surface area contributed by atoms with Gasteiger partial charge in [-0.05, 0) is 13.0 Å². The van der Waals surface area contributed by atoms with Crippen molar-refractivity contribution in [3.05, 3.63) is 29.5 Å². The van der Waals surface area contributed by atoms with E-state index in [0.717, 1.165) is 0 Å². The van der Waals surface area contributed by atoms with Gasteiger partial charge in [0.2, 0.25) is 6.79 Å². The number of nitrogens with one attached hydrogen (secondary N) is 1. The second-order valence-electron chi connectivity index (χ2n) is 3.73. The average molecular weight is 255 g/mol. The van der Waals surface area contributed by atoms with Gasteiger partial charge in [-0.15, -0.1) is 0 Å². The molecule has 0 amide bonds. The molecule has 0 aromatic heterocycles. The third-order valence-electron chi connectivity index (χ3n) is 2.50. The molecule has 0 radical (unpaired) electrons. The first-order chi connectivity index (χ1) is 9.15. The van der Waals surface area contributed by atoms with Crippen LogP contribution in [0.5, 0.6) is 11.5 Å². The molecule has 19 heavy (non-hydrogen) atoms. The number of ether oxygens (including phenoxy) is 2. The molecule has 1 aromatic rings. The maximum atomic E-state index is 11.6. The van der Waals surface area contributed by atoms with Crippen LogP contribution in [0.15, 0.2) is 23.9 Å². The minimum absolute atomic E-state index is 0.0906. The topological polar surface area (TPSA) is 95.1 Å². The Bertz CT molecular complexity index is 634. The van der Waals surface area contributed by atoms with E-state index < -0.39 is 0 Å². The van der Waals surface area contributed by atoms with E-state index >= 15 is 0 Å². The van der Waals surface area contributed by atoms with Crippen molar-refractivity contribution >= 4 is 11.5 Å². The summed E-state index contributed by atoms with van der Waals surface area (Å²) < 4.78 is 10.4. The lowest BCUT2D eigenvalue weighted by molar-refractivity contribution is 0.101. The molecule has 0 spiro atoms. The molecule has 1 heterocycles. The molecular formula is C13H9N3O3. The van der Waals surface area contributed by atoms with Crippen LogP contribution in [0.2, 0.25) is 0 Å². The summed E-state index contributed by atoms with van der Waals surface area (Å²) in [6, 6.07) is 6.61. The third kappa shape index (κ3) is 2.48.